The largest absolute Gasteiger partial charge is 0.397 e. The third-order valence-corrected chi connectivity index (χ3v) is 5.92. The van der Waals surface area contributed by atoms with Gasteiger partial charge in [-0.25, -0.2) is 0 Å². The first-order valence-corrected chi connectivity index (χ1v) is 8.15. The van der Waals surface area contributed by atoms with Crippen molar-refractivity contribution in [3.63, 3.8) is 0 Å². The van der Waals surface area contributed by atoms with E-state index in [1.165, 1.54) is 17.8 Å². The topological polar surface area (TPSA) is 72.9 Å². The maximum Gasteiger partial charge on any atom is 0.263 e. The molecule has 1 amide bonds. The van der Waals surface area contributed by atoms with Crippen molar-refractivity contribution in [2.45, 2.75) is 46.1 Å². The zero-order valence-corrected chi connectivity index (χ0v) is 13.8. The summed E-state index contributed by atoms with van der Waals surface area (Å²) in [6.45, 7) is 6.35. The Labute approximate surface area is 128 Å². The van der Waals surface area contributed by atoms with E-state index < -0.39 is 0 Å². The maximum atomic E-state index is 12.6. The average molecular weight is 306 g/mol. The Morgan fingerprint density at radius 1 is 1.52 bits per heavy atom. The van der Waals surface area contributed by atoms with Gasteiger partial charge in [-0.05, 0) is 25.2 Å². The van der Waals surface area contributed by atoms with Crippen LogP contribution >= 0.6 is 11.3 Å². The highest BCUT2D eigenvalue weighted by molar-refractivity contribution is 7.21. The van der Waals surface area contributed by atoms with Crippen LogP contribution in [0, 0.1) is 12.3 Å². The molecule has 0 aromatic carbocycles. The molecule has 21 heavy (non-hydrogen) atoms. The predicted octanol–water partition coefficient (Wildman–Crippen LogP) is 2.83. The van der Waals surface area contributed by atoms with Crippen LogP contribution in [0.15, 0.2) is 0 Å². The monoisotopic (exact) mass is 306 g/mol. The van der Waals surface area contributed by atoms with E-state index in [-0.39, 0.29) is 17.4 Å². The van der Waals surface area contributed by atoms with Crippen molar-refractivity contribution in [1.29, 1.82) is 0 Å². The minimum Gasteiger partial charge on any atom is -0.397 e. The molecule has 2 aromatic rings. The maximum absolute atomic E-state index is 12.6. The zero-order chi connectivity index (χ0) is 15.4. The van der Waals surface area contributed by atoms with Crippen LogP contribution in [0.4, 0.5) is 5.69 Å². The lowest BCUT2D eigenvalue weighted by Gasteiger charge is -2.27. The minimum absolute atomic E-state index is 0.0481. The van der Waals surface area contributed by atoms with Crippen LogP contribution in [-0.4, -0.2) is 21.7 Å². The Hall–Kier alpha value is -1.56. The Bertz CT molecular complexity index is 713. The van der Waals surface area contributed by atoms with Gasteiger partial charge >= 0.3 is 0 Å². The highest BCUT2D eigenvalue weighted by Gasteiger charge is 2.36. The fourth-order valence-electron chi connectivity index (χ4n) is 3.32. The van der Waals surface area contributed by atoms with Gasteiger partial charge in [-0.2, -0.15) is 5.10 Å². The van der Waals surface area contributed by atoms with Crippen molar-refractivity contribution in [2.24, 2.45) is 12.5 Å². The van der Waals surface area contributed by atoms with Crippen molar-refractivity contribution in [1.82, 2.24) is 15.1 Å². The summed E-state index contributed by atoms with van der Waals surface area (Å²) in [5, 5.41) is 8.45. The number of carbonyl (C=O) groups is 1. The highest BCUT2D eigenvalue weighted by atomic mass is 32.1. The molecule has 0 aliphatic heterocycles. The first-order valence-electron chi connectivity index (χ1n) is 7.33. The van der Waals surface area contributed by atoms with Gasteiger partial charge in [0.1, 0.15) is 9.71 Å². The van der Waals surface area contributed by atoms with Crippen molar-refractivity contribution in [2.75, 3.05) is 5.73 Å². The molecule has 114 valence electrons. The summed E-state index contributed by atoms with van der Waals surface area (Å²) in [4.78, 5) is 14.2. The normalized spacial score (nSPS) is 21.0. The fraction of sp³-hybridized carbons (Fsp3) is 0.600. The second-order valence-electron chi connectivity index (χ2n) is 6.64. The van der Waals surface area contributed by atoms with Gasteiger partial charge in [0.25, 0.3) is 5.91 Å². The fourth-order valence-corrected chi connectivity index (χ4v) is 4.41. The first-order chi connectivity index (χ1) is 9.81. The summed E-state index contributed by atoms with van der Waals surface area (Å²) in [7, 11) is 1.88. The molecule has 0 bridgehead atoms. The van der Waals surface area contributed by atoms with E-state index in [9.17, 15) is 4.79 Å². The van der Waals surface area contributed by atoms with Crippen LogP contribution in [0.25, 0.3) is 10.2 Å². The molecule has 2 heterocycles. The molecule has 3 rings (SSSR count). The van der Waals surface area contributed by atoms with Crippen LogP contribution in [0.1, 0.15) is 48.5 Å². The van der Waals surface area contributed by atoms with Crippen LogP contribution in [0.2, 0.25) is 0 Å². The number of hydrogen-bond donors (Lipinski definition) is 2. The lowest BCUT2D eigenvalue weighted by molar-refractivity contribution is 0.0915. The number of anilines is 1. The number of nitrogens with zero attached hydrogens (tertiary/aromatic N) is 2. The lowest BCUT2D eigenvalue weighted by atomic mass is 9.87. The number of carbonyl (C=O) groups excluding carboxylic acids is 1. The molecule has 1 saturated carbocycles. The lowest BCUT2D eigenvalue weighted by Crippen LogP contribution is -2.41. The number of nitrogens with one attached hydrogen (secondary N) is 1. The number of fused-ring (bicyclic) bond motifs is 1. The summed E-state index contributed by atoms with van der Waals surface area (Å²) in [6.07, 6.45) is 3.37. The quantitative estimate of drug-likeness (QED) is 0.896. The molecule has 3 N–H and O–H groups in total. The molecule has 1 atom stereocenters. The number of nitrogen functional groups attached to an aromatic ring is 1. The summed E-state index contributed by atoms with van der Waals surface area (Å²) >= 11 is 1.43. The number of aryl methyl sites for hydroxylation is 2. The molecule has 1 aliphatic rings. The standard InChI is InChI=1S/C15H22N4OS/c1-8-10-11(16)12(21-14(10)19(4)18-8)13(20)17-9-6-5-7-15(9,2)3/h9H,5-7,16H2,1-4H3,(H,17,20). The molecule has 0 saturated heterocycles. The van der Waals surface area contributed by atoms with Crippen LogP contribution in [0.5, 0.6) is 0 Å². The van der Waals surface area contributed by atoms with E-state index in [1.807, 2.05) is 14.0 Å². The van der Waals surface area contributed by atoms with Crippen LogP contribution < -0.4 is 11.1 Å². The van der Waals surface area contributed by atoms with Gasteiger partial charge in [-0.15, -0.1) is 11.3 Å². The summed E-state index contributed by atoms with van der Waals surface area (Å²) in [5.41, 5.74) is 7.80. The number of rotatable bonds is 2. The highest BCUT2D eigenvalue weighted by Crippen LogP contribution is 2.39. The van der Waals surface area contributed by atoms with Gasteiger partial charge in [-0.3, -0.25) is 9.48 Å². The molecule has 1 unspecified atom stereocenters. The third kappa shape index (κ3) is 2.21. The summed E-state index contributed by atoms with van der Waals surface area (Å²) in [6, 6.07) is 0.230. The van der Waals surface area contributed by atoms with Crippen molar-refractivity contribution in [3.05, 3.63) is 10.6 Å². The van der Waals surface area contributed by atoms with E-state index in [4.69, 9.17) is 5.73 Å². The molecule has 1 aliphatic carbocycles. The van der Waals surface area contributed by atoms with E-state index >= 15 is 0 Å². The summed E-state index contributed by atoms with van der Waals surface area (Å²) < 4.78 is 1.79. The second-order valence-corrected chi connectivity index (χ2v) is 7.64. The SMILES string of the molecule is Cc1nn(C)c2sc(C(=O)NC3CCCC3(C)C)c(N)c12. The Morgan fingerprint density at radius 3 is 2.81 bits per heavy atom. The van der Waals surface area contributed by atoms with Crippen LogP contribution in [0.3, 0.4) is 0 Å². The van der Waals surface area contributed by atoms with E-state index in [2.05, 4.69) is 24.3 Å². The van der Waals surface area contributed by atoms with Crippen molar-refractivity contribution >= 4 is 33.1 Å². The zero-order valence-electron chi connectivity index (χ0n) is 13.0. The Balaban J connectivity index is 1.92. The molecule has 1 fully saturated rings. The van der Waals surface area contributed by atoms with Gasteiger partial charge in [-0.1, -0.05) is 20.3 Å². The molecular weight excluding hydrogens is 284 g/mol. The Morgan fingerprint density at radius 2 is 2.24 bits per heavy atom. The molecule has 5 nitrogen and oxygen atoms in total. The second kappa shape index (κ2) is 4.73. The molecule has 2 aromatic heterocycles. The Kier molecular flexibility index (Phi) is 3.24. The first kappa shape index (κ1) is 14.4. The number of nitrogens with two attached hydrogens (primary N) is 1. The van der Waals surface area contributed by atoms with Gasteiger partial charge < -0.3 is 11.1 Å². The van der Waals surface area contributed by atoms with Gasteiger partial charge in [0.2, 0.25) is 0 Å². The third-order valence-electron chi connectivity index (χ3n) is 4.65. The predicted molar refractivity (Wildman–Crippen MR) is 86.6 cm³/mol. The number of amides is 1. The minimum atomic E-state index is -0.0481. The number of hydrogen-bond acceptors (Lipinski definition) is 4. The van der Waals surface area contributed by atoms with E-state index in [1.54, 1.807) is 4.68 Å². The van der Waals surface area contributed by atoms with Crippen molar-refractivity contribution in [3.8, 4) is 0 Å². The van der Waals surface area contributed by atoms with Gasteiger partial charge in [0.15, 0.2) is 0 Å². The summed E-state index contributed by atoms with van der Waals surface area (Å²) in [5.74, 6) is -0.0481. The molecule has 6 heteroatoms. The smallest absolute Gasteiger partial charge is 0.263 e. The number of thiophene rings is 1. The van der Waals surface area contributed by atoms with Gasteiger partial charge in [0, 0.05) is 13.1 Å². The van der Waals surface area contributed by atoms with E-state index in [0.717, 1.165) is 28.8 Å². The van der Waals surface area contributed by atoms with Gasteiger partial charge in [0.05, 0.1) is 16.8 Å². The average Bonchev–Trinajstić information content (AvgIpc) is 2.98. The van der Waals surface area contributed by atoms with Crippen LogP contribution in [-0.2, 0) is 7.05 Å². The molecule has 0 spiro atoms. The molecular formula is C15H22N4OS. The van der Waals surface area contributed by atoms with E-state index in [0.29, 0.717) is 10.6 Å². The van der Waals surface area contributed by atoms with Crippen molar-refractivity contribution < 1.29 is 4.79 Å². The number of aromatic nitrogens is 2. The molecule has 0 radical (unpaired) electrons.